The zero-order chi connectivity index (χ0) is 22.6. The summed E-state index contributed by atoms with van der Waals surface area (Å²) >= 11 is 0. The van der Waals surface area contributed by atoms with E-state index in [-0.39, 0.29) is 6.61 Å². The van der Waals surface area contributed by atoms with E-state index < -0.39 is 6.10 Å². The fourth-order valence-corrected chi connectivity index (χ4v) is 4.67. The normalized spacial score (nSPS) is 19.2. The van der Waals surface area contributed by atoms with Gasteiger partial charge in [0.2, 0.25) is 0 Å². The molecule has 0 radical (unpaired) electrons. The van der Waals surface area contributed by atoms with Gasteiger partial charge in [-0.3, -0.25) is 4.90 Å². The van der Waals surface area contributed by atoms with Crippen LogP contribution in [0.25, 0.3) is 0 Å². The molecule has 3 rings (SSSR count). The molecule has 1 heterocycles. The highest BCUT2D eigenvalue weighted by Gasteiger charge is 2.20. The zero-order valence-corrected chi connectivity index (χ0v) is 20.1. The Morgan fingerprint density at radius 1 is 1.19 bits per heavy atom. The van der Waals surface area contributed by atoms with Crippen LogP contribution in [0.3, 0.4) is 0 Å². The van der Waals surface area contributed by atoms with Crippen LogP contribution in [0.2, 0.25) is 0 Å². The third kappa shape index (κ3) is 8.52. The number of aliphatic hydroxyl groups excluding tert-OH is 1. The largest absolute Gasteiger partial charge is 0.493 e. The van der Waals surface area contributed by atoms with Crippen LogP contribution in [-0.2, 0) is 11.3 Å². The van der Waals surface area contributed by atoms with Crippen LogP contribution in [0, 0.1) is 0 Å². The summed E-state index contributed by atoms with van der Waals surface area (Å²) in [7, 11) is 3.78. The molecule has 1 saturated carbocycles. The molecule has 1 aliphatic carbocycles. The average molecular weight is 450 g/mol. The number of rotatable bonds is 13. The van der Waals surface area contributed by atoms with Crippen LogP contribution in [0.15, 0.2) is 18.2 Å². The fourth-order valence-electron chi connectivity index (χ4n) is 4.67. The van der Waals surface area contributed by atoms with E-state index in [1.165, 1.54) is 32.1 Å². The van der Waals surface area contributed by atoms with Gasteiger partial charge in [-0.1, -0.05) is 25.3 Å². The molecule has 0 unspecified atom stereocenters. The van der Waals surface area contributed by atoms with Gasteiger partial charge in [0, 0.05) is 32.2 Å². The van der Waals surface area contributed by atoms with Crippen LogP contribution in [0.1, 0.15) is 44.1 Å². The predicted octanol–water partition coefficient (Wildman–Crippen LogP) is 2.51. The molecular formula is C25H43N3O4. The molecular weight excluding hydrogens is 406 g/mol. The number of hydrogen-bond acceptors (Lipinski definition) is 7. The number of morpholine rings is 1. The molecule has 7 heteroatoms. The molecule has 1 atom stereocenters. The minimum atomic E-state index is -0.514. The number of nitrogens with zero attached hydrogens (tertiary/aromatic N) is 2. The smallest absolute Gasteiger partial charge is 0.161 e. The fraction of sp³-hybridized carbons (Fsp3) is 0.760. The quantitative estimate of drug-likeness (QED) is 0.449. The molecule has 182 valence electrons. The molecule has 0 aromatic heterocycles. The maximum Gasteiger partial charge on any atom is 0.161 e. The number of aliphatic hydroxyl groups is 1. The first-order valence-electron chi connectivity index (χ1n) is 12.3. The van der Waals surface area contributed by atoms with E-state index in [0.717, 1.165) is 57.9 Å². The van der Waals surface area contributed by atoms with Gasteiger partial charge in [-0.2, -0.15) is 0 Å². The number of benzene rings is 1. The van der Waals surface area contributed by atoms with Crippen molar-refractivity contribution in [2.45, 2.75) is 57.2 Å². The Balaban J connectivity index is 1.36. The van der Waals surface area contributed by atoms with E-state index in [9.17, 15) is 5.11 Å². The SMILES string of the molecule is COc1cc(CNCCCN2CCOCC2)ccc1OC[C@H](O)CN(C)C1CCCCC1. The number of ether oxygens (including phenoxy) is 3. The first-order chi connectivity index (χ1) is 15.7. The third-order valence-electron chi connectivity index (χ3n) is 6.62. The van der Waals surface area contributed by atoms with Gasteiger partial charge in [0.15, 0.2) is 11.5 Å². The van der Waals surface area contributed by atoms with Crippen LogP contribution < -0.4 is 14.8 Å². The second-order valence-corrected chi connectivity index (χ2v) is 9.17. The topological polar surface area (TPSA) is 66.4 Å². The number of nitrogens with one attached hydrogen (secondary N) is 1. The summed E-state index contributed by atoms with van der Waals surface area (Å²) in [5.41, 5.74) is 1.16. The molecule has 1 aromatic rings. The Morgan fingerprint density at radius 3 is 2.72 bits per heavy atom. The van der Waals surface area contributed by atoms with Gasteiger partial charge < -0.3 is 29.5 Å². The minimum absolute atomic E-state index is 0.270. The molecule has 32 heavy (non-hydrogen) atoms. The number of methoxy groups -OCH3 is 1. The van der Waals surface area contributed by atoms with E-state index in [2.05, 4.69) is 28.2 Å². The van der Waals surface area contributed by atoms with Crippen molar-refractivity contribution in [2.24, 2.45) is 0 Å². The van der Waals surface area contributed by atoms with Gasteiger partial charge in [-0.25, -0.2) is 0 Å². The summed E-state index contributed by atoms with van der Waals surface area (Å²) in [6.45, 7) is 7.62. The Bertz CT molecular complexity index is 648. The van der Waals surface area contributed by atoms with E-state index in [1.54, 1.807) is 7.11 Å². The highest BCUT2D eigenvalue weighted by Crippen LogP contribution is 2.28. The number of hydrogen-bond donors (Lipinski definition) is 2. The van der Waals surface area contributed by atoms with Crippen molar-refractivity contribution in [1.29, 1.82) is 0 Å². The Kier molecular flexibility index (Phi) is 11.1. The van der Waals surface area contributed by atoms with Crippen LogP contribution in [0.5, 0.6) is 11.5 Å². The summed E-state index contributed by atoms with van der Waals surface area (Å²) < 4.78 is 16.8. The van der Waals surface area contributed by atoms with Crippen molar-refractivity contribution in [3.05, 3.63) is 23.8 Å². The molecule has 2 fully saturated rings. The summed E-state index contributed by atoms with van der Waals surface area (Å²) in [6, 6.07) is 6.62. The summed E-state index contributed by atoms with van der Waals surface area (Å²) in [4.78, 5) is 4.75. The molecule has 0 amide bonds. The highest BCUT2D eigenvalue weighted by atomic mass is 16.5. The maximum atomic E-state index is 10.5. The molecule has 1 saturated heterocycles. The van der Waals surface area contributed by atoms with Crippen molar-refractivity contribution >= 4 is 0 Å². The van der Waals surface area contributed by atoms with Crippen molar-refractivity contribution in [3.63, 3.8) is 0 Å². The van der Waals surface area contributed by atoms with Gasteiger partial charge >= 0.3 is 0 Å². The second-order valence-electron chi connectivity index (χ2n) is 9.17. The Labute approximate surface area is 194 Å². The highest BCUT2D eigenvalue weighted by molar-refractivity contribution is 5.43. The van der Waals surface area contributed by atoms with Crippen molar-refractivity contribution < 1.29 is 19.3 Å². The molecule has 0 bridgehead atoms. The van der Waals surface area contributed by atoms with Crippen molar-refractivity contribution in [3.8, 4) is 11.5 Å². The van der Waals surface area contributed by atoms with Gasteiger partial charge in [-0.05, 0) is 57.1 Å². The monoisotopic (exact) mass is 449 g/mol. The molecule has 0 spiro atoms. The van der Waals surface area contributed by atoms with E-state index >= 15 is 0 Å². The summed E-state index contributed by atoms with van der Waals surface area (Å²) in [5.74, 6) is 1.40. The van der Waals surface area contributed by atoms with E-state index in [0.29, 0.717) is 24.1 Å². The van der Waals surface area contributed by atoms with Gasteiger partial charge in [0.05, 0.1) is 20.3 Å². The summed E-state index contributed by atoms with van der Waals surface area (Å²) in [6.07, 6.45) is 7.03. The average Bonchev–Trinajstić information content (AvgIpc) is 2.84. The van der Waals surface area contributed by atoms with Crippen molar-refractivity contribution in [2.75, 3.05) is 66.7 Å². The van der Waals surface area contributed by atoms with Crippen LogP contribution >= 0.6 is 0 Å². The van der Waals surface area contributed by atoms with Crippen molar-refractivity contribution in [1.82, 2.24) is 15.1 Å². The first kappa shape index (κ1) is 25.2. The number of likely N-dealkylation sites (N-methyl/N-ethyl adjacent to an activating group) is 1. The minimum Gasteiger partial charge on any atom is -0.493 e. The first-order valence-corrected chi connectivity index (χ1v) is 12.3. The zero-order valence-electron chi connectivity index (χ0n) is 20.1. The molecule has 1 aromatic carbocycles. The standard InChI is InChI=1S/C25H43N3O4/c1-27(22-7-4-3-5-8-22)19-23(29)20-32-24-10-9-21(17-25(24)30-2)18-26-11-6-12-28-13-15-31-16-14-28/h9-10,17,22-23,26,29H,3-8,11-16,18-20H2,1-2H3/t23-/m1/s1. The van der Waals surface area contributed by atoms with Crippen LogP contribution in [0.4, 0.5) is 0 Å². The molecule has 2 aliphatic rings. The summed E-state index contributed by atoms with van der Waals surface area (Å²) in [5, 5.41) is 14.0. The molecule has 7 nitrogen and oxygen atoms in total. The van der Waals surface area contributed by atoms with E-state index in [4.69, 9.17) is 14.2 Å². The van der Waals surface area contributed by atoms with Gasteiger partial charge in [0.1, 0.15) is 12.7 Å². The van der Waals surface area contributed by atoms with Crippen LogP contribution in [-0.4, -0.2) is 93.8 Å². The predicted molar refractivity (Wildman–Crippen MR) is 128 cm³/mol. The molecule has 2 N–H and O–H groups in total. The second kappa shape index (κ2) is 14.0. The lowest BCUT2D eigenvalue weighted by molar-refractivity contribution is 0.0374. The van der Waals surface area contributed by atoms with Gasteiger partial charge in [-0.15, -0.1) is 0 Å². The van der Waals surface area contributed by atoms with Gasteiger partial charge in [0.25, 0.3) is 0 Å². The lowest BCUT2D eigenvalue weighted by atomic mass is 9.94. The third-order valence-corrected chi connectivity index (χ3v) is 6.62. The lowest BCUT2D eigenvalue weighted by Crippen LogP contribution is -2.40. The molecule has 1 aliphatic heterocycles. The Hall–Kier alpha value is -1.38. The Morgan fingerprint density at radius 2 is 1.97 bits per heavy atom. The van der Waals surface area contributed by atoms with E-state index in [1.807, 2.05) is 12.1 Å². The lowest BCUT2D eigenvalue weighted by Gasteiger charge is -2.32. The maximum absolute atomic E-state index is 10.5.